The van der Waals surface area contributed by atoms with Gasteiger partial charge in [0.15, 0.2) is 0 Å². The van der Waals surface area contributed by atoms with Crippen molar-refractivity contribution in [2.75, 3.05) is 6.54 Å². The predicted molar refractivity (Wildman–Crippen MR) is 83.8 cm³/mol. The molecule has 2 rings (SSSR count). The molecule has 1 aromatic carbocycles. The number of nitrogens with zero attached hydrogens (tertiary/aromatic N) is 2. The highest BCUT2D eigenvalue weighted by atomic mass is 15.3. The Morgan fingerprint density at radius 1 is 1.10 bits per heavy atom. The quantitative estimate of drug-likeness (QED) is 0.837. The van der Waals surface area contributed by atoms with Crippen LogP contribution in [0.2, 0.25) is 0 Å². The summed E-state index contributed by atoms with van der Waals surface area (Å²) in [5.74, 6) is 0. The van der Waals surface area contributed by atoms with Crippen molar-refractivity contribution in [3.8, 4) is 0 Å². The molecule has 2 aromatic rings. The second-order valence-corrected chi connectivity index (χ2v) is 5.04. The van der Waals surface area contributed by atoms with Crippen LogP contribution in [0.3, 0.4) is 0 Å². The smallest absolute Gasteiger partial charge is 0.0624 e. The Morgan fingerprint density at radius 3 is 2.45 bits per heavy atom. The van der Waals surface area contributed by atoms with E-state index in [0.29, 0.717) is 6.04 Å². The van der Waals surface area contributed by atoms with Crippen molar-refractivity contribution in [2.24, 2.45) is 0 Å². The Morgan fingerprint density at radius 2 is 1.85 bits per heavy atom. The van der Waals surface area contributed by atoms with Crippen molar-refractivity contribution in [3.63, 3.8) is 0 Å². The highest BCUT2D eigenvalue weighted by molar-refractivity contribution is 5.19. The van der Waals surface area contributed by atoms with Crippen molar-refractivity contribution in [2.45, 2.75) is 46.2 Å². The maximum Gasteiger partial charge on any atom is 0.0624 e. The van der Waals surface area contributed by atoms with Gasteiger partial charge in [0.2, 0.25) is 0 Å². The first-order valence-corrected chi connectivity index (χ1v) is 7.62. The highest BCUT2D eigenvalue weighted by Gasteiger charge is 2.14. The van der Waals surface area contributed by atoms with Crippen LogP contribution in [-0.4, -0.2) is 16.3 Å². The molecule has 3 heteroatoms. The Bertz CT molecular complexity index is 516. The van der Waals surface area contributed by atoms with Crippen LogP contribution in [0.4, 0.5) is 0 Å². The first-order chi connectivity index (χ1) is 9.78. The van der Waals surface area contributed by atoms with Crippen molar-refractivity contribution in [3.05, 3.63) is 53.3 Å². The molecule has 20 heavy (non-hydrogen) atoms. The summed E-state index contributed by atoms with van der Waals surface area (Å²) < 4.78 is 2.17. The molecular formula is C17H25N3. The number of hydrogen-bond donors (Lipinski definition) is 1. The van der Waals surface area contributed by atoms with Gasteiger partial charge in [0, 0.05) is 5.69 Å². The summed E-state index contributed by atoms with van der Waals surface area (Å²) in [7, 11) is 0. The monoisotopic (exact) mass is 271 g/mol. The van der Waals surface area contributed by atoms with Gasteiger partial charge in [-0.2, -0.15) is 5.10 Å². The Hall–Kier alpha value is -1.61. The minimum Gasteiger partial charge on any atom is -0.309 e. The van der Waals surface area contributed by atoms with E-state index < -0.39 is 0 Å². The third-order valence-corrected chi connectivity index (χ3v) is 3.65. The lowest BCUT2D eigenvalue weighted by atomic mass is 10.1. The van der Waals surface area contributed by atoms with Crippen LogP contribution < -0.4 is 5.32 Å². The number of rotatable bonds is 7. The van der Waals surface area contributed by atoms with Crippen LogP contribution in [0.1, 0.15) is 43.8 Å². The molecule has 1 N–H and O–H groups in total. The van der Waals surface area contributed by atoms with Crippen molar-refractivity contribution in [1.82, 2.24) is 15.1 Å². The van der Waals surface area contributed by atoms with E-state index in [-0.39, 0.29) is 0 Å². The Balaban J connectivity index is 2.22. The summed E-state index contributed by atoms with van der Waals surface area (Å²) in [5.41, 5.74) is 3.83. The summed E-state index contributed by atoms with van der Waals surface area (Å²) >= 11 is 0. The fraction of sp³-hybridized carbons (Fsp3) is 0.471. The molecule has 1 heterocycles. The molecule has 0 saturated heterocycles. The van der Waals surface area contributed by atoms with Gasteiger partial charge in [-0.15, -0.1) is 0 Å². The maximum absolute atomic E-state index is 4.72. The average molecular weight is 271 g/mol. The molecule has 0 spiro atoms. The lowest BCUT2D eigenvalue weighted by Gasteiger charge is -2.19. The van der Waals surface area contributed by atoms with Crippen LogP contribution in [0.25, 0.3) is 0 Å². The molecule has 0 radical (unpaired) electrons. The molecule has 0 bridgehead atoms. The van der Waals surface area contributed by atoms with Gasteiger partial charge in [-0.05, 0) is 31.0 Å². The third kappa shape index (κ3) is 3.48. The van der Waals surface area contributed by atoms with E-state index >= 15 is 0 Å². The first kappa shape index (κ1) is 14.8. The largest absolute Gasteiger partial charge is 0.309 e. The minimum absolute atomic E-state index is 0.316. The van der Waals surface area contributed by atoms with Crippen LogP contribution in [0.5, 0.6) is 0 Å². The van der Waals surface area contributed by atoms with E-state index in [1.807, 2.05) is 0 Å². The number of hydrogen-bond acceptors (Lipinski definition) is 2. The summed E-state index contributed by atoms with van der Waals surface area (Å²) in [4.78, 5) is 0. The topological polar surface area (TPSA) is 29.9 Å². The summed E-state index contributed by atoms with van der Waals surface area (Å²) in [5, 5.41) is 8.29. The van der Waals surface area contributed by atoms with E-state index in [2.05, 4.69) is 67.2 Å². The zero-order valence-electron chi connectivity index (χ0n) is 12.8. The van der Waals surface area contributed by atoms with E-state index in [1.165, 1.54) is 17.0 Å². The number of likely N-dealkylation sites (N-methyl/N-ethyl adjacent to an activating group) is 1. The number of aromatic nitrogens is 2. The molecule has 108 valence electrons. The maximum atomic E-state index is 4.72. The highest BCUT2D eigenvalue weighted by Crippen LogP contribution is 2.17. The molecule has 3 nitrogen and oxygen atoms in total. The van der Waals surface area contributed by atoms with Gasteiger partial charge in [-0.1, -0.05) is 51.1 Å². The SMILES string of the molecule is CCNC(Cn1nc(CC)cc1CC)c1ccccc1. The second-order valence-electron chi connectivity index (χ2n) is 5.04. The summed E-state index contributed by atoms with van der Waals surface area (Å²) in [6.45, 7) is 8.35. The fourth-order valence-electron chi connectivity index (χ4n) is 2.52. The number of nitrogens with one attached hydrogen (secondary N) is 1. The molecule has 1 aromatic heterocycles. The second kappa shape index (κ2) is 7.25. The van der Waals surface area contributed by atoms with Gasteiger partial charge in [0.25, 0.3) is 0 Å². The molecule has 0 aliphatic rings. The standard InChI is InChI=1S/C17H25N3/c1-4-15-12-16(5-2)20(19-15)13-17(18-6-3)14-10-8-7-9-11-14/h7-12,17-18H,4-6,13H2,1-3H3. The van der Waals surface area contributed by atoms with E-state index in [1.54, 1.807) is 0 Å². The molecule has 0 amide bonds. The van der Waals surface area contributed by atoms with Crippen LogP contribution >= 0.6 is 0 Å². The normalized spacial score (nSPS) is 12.6. The lowest BCUT2D eigenvalue weighted by Crippen LogP contribution is -2.26. The van der Waals surface area contributed by atoms with Crippen molar-refractivity contribution in [1.29, 1.82) is 0 Å². The molecule has 1 atom stereocenters. The van der Waals surface area contributed by atoms with Gasteiger partial charge in [0.1, 0.15) is 0 Å². The van der Waals surface area contributed by atoms with E-state index in [4.69, 9.17) is 5.10 Å². The van der Waals surface area contributed by atoms with E-state index in [9.17, 15) is 0 Å². The zero-order chi connectivity index (χ0) is 14.4. The number of benzene rings is 1. The first-order valence-electron chi connectivity index (χ1n) is 7.62. The zero-order valence-corrected chi connectivity index (χ0v) is 12.8. The van der Waals surface area contributed by atoms with Gasteiger partial charge < -0.3 is 5.32 Å². The number of aryl methyl sites for hydroxylation is 2. The molecular weight excluding hydrogens is 246 g/mol. The molecule has 0 aliphatic heterocycles. The molecule has 1 unspecified atom stereocenters. The minimum atomic E-state index is 0.316. The van der Waals surface area contributed by atoms with Crippen molar-refractivity contribution >= 4 is 0 Å². The molecule has 0 fully saturated rings. The van der Waals surface area contributed by atoms with Gasteiger partial charge in [-0.25, -0.2) is 0 Å². The third-order valence-electron chi connectivity index (χ3n) is 3.65. The molecule has 0 aliphatic carbocycles. The lowest BCUT2D eigenvalue weighted by molar-refractivity contribution is 0.437. The van der Waals surface area contributed by atoms with Gasteiger partial charge >= 0.3 is 0 Å². The van der Waals surface area contributed by atoms with Gasteiger partial charge in [-0.3, -0.25) is 4.68 Å². The van der Waals surface area contributed by atoms with E-state index in [0.717, 1.165) is 25.9 Å². The molecule has 0 saturated carbocycles. The van der Waals surface area contributed by atoms with Crippen LogP contribution in [0.15, 0.2) is 36.4 Å². The predicted octanol–water partition coefficient (Wildman–Crippen LogP) is 3.36. The fourth-order valence-corrected chi connectivity index (χ4v) is 2.52. The van der Waals surface area contributed by atoms with Gasteiger partial charge in [0.05, 0.1) is 18.3 Å². The summed E-state index contributed by atoms with van der Waals surface area (Å²) in [6.07, 6.45) is 2.03. The summed E-state index contributed by atoms with van der Waals surface area (Å²) in [6, 6.07) is 13.2. The van der Waals surface area contributed by atoms with Crippen LogP contribution in [0, 0.1) is 0 Å². The van der Waals surface area contributed by atoms with Crippen molar-refractivity contribution < 1.29 is 0 Å². The Labute approximate surface area is 122 Å². The Kier molecular flexibility index (Phi) is 5.36. The van der Waals surface area contributed by atoms with Crippen LogP contribution in [-0.2, 0) is 19.4 Å². The average Bonchev–Trinajstić information content (AvgIpc) is 2.90.